The summed E-state index contributed by atoms with van der Waals surface area (Å²) < 4.78 is 40.2. The van der Waals surface area contributed by atoms with E-state index in [9.17, 15) is 27.6 Å². The minimum Gasteiger partial charge on any atom is -0.356 e. The number of carbonyl (C=O) groups is 3. The summed E-state index contributed by atoms with van der Waals surface area (Å²) in [6.07, 6.45) is 2.12. The van der Waals surface area contributed by atoms with Crippen molar-refractivity contribution < 1.29 is 27.6 Å². The summed E-state index contributed by atoms with van der Waals surface area (Å²) in [4.78, 5) is 38.5. The summed E-state index contributed by atoms with van der Waals surface area (Å²) >= 11 is 0. The van der Waals surface area contributed by atoms with Crippen molar-refractivity contribution in [3.05, 3.63) is 71.0 Å². The summed E-state index contributed by atoms with van der Waals surface area (Å²) in [7, 11) is 0. The fourth-order valence-corrected chi connectivity index (χ4v) is 3.93. The predicted molar refractivity (Wildman–Crippen MR) is 120 cm³/mol. The van der Waals surface area contributed by atoms with E-state index in [1.165, 1.54) is 6.07 Å². The fourth-order valence-electron chi connectivity index (χ4n) is 3.93. The minimum atomic E-state index is -0.937. The van der Waals surface area contributed by atoms with E-state index in [1.54, 1.807) is 23.1 Å². The van der Waals surface area contributed by atoms with Gasteiger partial charge in [0.2, 0.25) is 11.8 Å². The highest BCUT2D eigenvalue weighted by molar-refractivity contribution is 5.94. The molecule has 2 N–H and O–H groups in total. The molecule has 34 heavy (non-hydrogen) atoms. The monoisotopic (exact) mass is 475 g/mol. The molecule has 182 valence electrons. The average molecular weight is 476 g/mol. The maximum absolute atomic E-state index is 13.6. The third-order valence-corrected chi connectivity index (χ3v) is 5.90. The lowest BCUT2D eigenvalue weighted by atomic mass is 9.95. The van der Waals surface area contributed by atoms with Gasteiger partial charge in [-0.15, -0.1) is 0 Å². The number of amides is 3. The molecule has 2 aromatic rings. The smallest absolute Gasteiger partial charge is 0.254 e. The molecule has 3 amide bonds. The first-order valence-corrected chi connectivity index (χ1v) is 11.4. The van der Waals surface area contributed by atoms with Crippen molar-refractivity contribution in [3.8, 4) is 0 Å². The zero-order valence-electron chi connectivity index (χ0n) is 18.8. The topological polar surface area (TPSA) is 78.5 Å². The van der Waals surface area contributed by atoms with E-state index in [4.69, 9.17) is 0 Å². The van der Waals surface area contributed by atoms with Crippen molar-refractivity contribution in [3.63, 3.8) is 0 Å². The van der Waals surface area contributed by atoms with E-state index >= 15 is 0 Å². The van der Waals surface area contributed by atoms with Crippen LogP contribution in [-0.4, -0.2) is 48.8 Å². The molecular formula is C25H28F3N3O3. The standard InChI is InChI=1S/C25H28F3N3O3/c26-19-7-8-20(22(28)16-19)25(34)29-12-3-6-23(32)31-14-10-18(11-15-31)24(33)30-13-9-17-4-1-2-5-21(17)27/h1-2,4-5,7-8,16,18H,3,6,9-15H2,(H,29,34)(H,30,33). The maximum atomic E-state index is 13.6. The Hall–Kier alpha value is -3.36. The molecule has 1 aliphatic rings. The Kier molecular flexibility index (Phi) is 9.07. The summed E-state index contributed by atoms with van der Waals surface area (Å²) in [6.45, 7) is 1.48. The molecule has 0 aliphatic carbocycles. The van der Waals surface area contributed by atoms with Crippen LogP contribution in [0.15, 0.2) is 42.5 Å². The zero-order chi connectivity index (χ0) is 24.5. The van der Waals surface area contributed by atoms with Crippen molar-refractivity contribution in [1.82, 2.24) is 15.5 Å². The van der Waals surface area contributed by atoms with Crippen LogP contribution in [0.3, 0.4) is 0 Å². The van der Waals surface area contributed by atoms with Crippen molar-refractivity contribution in [2.75, 3.05) is 26.2 Å². The van der Waals surface area contributed by atoms with Crippen molar-refractivity contribution >= 4 is 17.7 Å². The van der Waals surface area contributed by atoms with Crippen LogP contribution in [0.4, 0.5) is 13.2 Å². The van der Waals surface area contributed by atoms with Gasteiger partial charge in [0, 0.05) is 44.6 Å². The van der Waals surface area contributed by atoms with Crippen LogP contribution >= 0.6 is 0 Å². The Morgan fingerprint density at radius 2 is 1.65 bits per heavy atom. The molecule has 0 spiro atoms. The molecular weight excluding hydrogens is 447 g/mol. The lowest BCUT2D eigenvalue weighted by Gasteiger charge is -2.31. The van der Waals surface area contributed by atoms with E-state index in [0.29, 0.717) is 56.9 Å². The maximum Gasteiger partial charge on any atom is 0.254 e. The van der Waals surface area contributed by atoms with Crippen LogP contribution in [-0.2, 0) is 16.0 Å². The van der Waals surface area contributed by atoms with Gasteiger partial charge in [0.1, 0.15) is 17.5 Å². The van der Waals surface area contributed by atoms with Gasteiger partial charge >= 0.3 is 0 Å². The third-order valence-electron chi connectivity index (χ3n) is 5.90. The summed E-state index contributed by atoms with van der Waals surface area (Å²) in [5.41, 5.74) is 0.309. The van der Waals surface area contributed by atoms with Gasteiger partial charge in [0.15, 0.2) is 0 Å². The Balaban J connectivity index is 1.31. The molecule has 1 heterocycles. The normalized spacial score (nSPS) is 14.0. The third kappa shape index (κ3) is 7.07. The zero-order valence-corrected chi connectivity index (χ0v) is 18.8. The number of likely N-dealkylation sites (tertiary alicyclic amines) is 1. The van der Waals surface area contributed by atoms with Crippen LogP contribution in [0, 0.1) is 23.4 Å². The molecule has 9 heteroatoms. The molecule has 0 unspecified atom stereocenters. The van der Waals surface area contributed by atoms with Crippen LogP contribution < -0.4 is 10.6 Å². The predicted octanol–water partition coefficient (Wildman–Crippen LogP) is 3.21. The van der Waals surface area contributed by atoms with Crippen LogP contribution in [0.25, 0.3) is 0 Å². The molecule has 0 saturated carbocycles. The van der Waals surface area contributed by atoms with E-state index in [0.717, 1.165) is 12.1 Å². The molecule has 0 bridgehead atoms. The molecule has 6 nitrogen and oxygen atoms in total. The SMILES string of the molecule is O=C(NCCCC(=O)N1CCC(C(=O)NCCc2ccccc2F)CC1)c1ccc(F)cc1F. The second kappa shape index (κ2) is 12.2. The van der Waals surface area contributed by atoms with Gasteiger partial charge in [-0.05, 0) is 49.4 Å². The number of nitrogens with zero attached hydrogens (tertiary/aromatic N) is 1. The Bertz CT molecular complexity index is 1020. The number of benzene rings is 2. The summed E-state index contributed by atoms with van der Waals surface area (Å²) in [5, 5.41) is 5.37. The largest absolute Gasteiger partial charge is 0.356 e. The molecule has 1 fully saturated rings. The van der Waals surface area contributed by atoms with Crippen molar-refractivity contribution in [2.45, 2.75) is 32.1 Å². The van der Waals surface area contributed by atoms with Gasteiger partial charge < -0.3 is 15.5 Å². The Morgan fingerprint density at radius 3 is 2.35 bits per heavy atom. The van der Waals surface area contributed by atoms with Crippen molar-refractivity contribution in [2.24, 2.45) is 5.92 Å². The van der Waals surface area contributed by atoms with Gasteiger partial charge in [0.25, 0.3) is 5.91 Å². The Morgan fingerprint density at radius 1 is 0.912 bits per heavy atom. The number of rotatable bonds is 9. The molecule has 1 saturated heterocycles. The minimum absolute atomic E-state index is 0.0689. The molecule has 0 atom stereocenters. The highest BCUT2D eigenvalue weighted by Gasteiger charge is 2.27. The molecule has 2 aromatic carbocycles. The number of nitrogens with one attached hydrogen (secondary N) is 2. The molecule has 0 radical (unpaired) electrons. The second-order valence-corrected chi connectivity index (χ2v) is 8.27. The van der Waals surface area contributed by atoms with Crippen molar-refractivity contribution in [1.29, 1.82) is 0 Å². The first kappa shape index (κ1) is 25.3. The molecule has 0 aromatic heterocycles. The summed E-state index contributed by atoms with van der Waals surface area (Å²) in [5.74, 6) is -2.98. The van der Waals surface area contributed by atoms with E-state index in [1.807, 2.05) is 0 Å². The van der Waals surface area contributed by atoms with Gasteiger partial charge in [0.05, 0.1) is 5.56 Å². The average Bonchev–Trinajstić information content (AvgIpc) is 2.82. The number of halogens is 3. The lowest BCUT2D eigenvalue weighted by molar-refractivity contribution is -0.135. The van der Waals surface area contributed by atoms with Gasteiger partial charge in [-0.3, -0.25) is 14.4 Å². The van der Waals surface area contributed by atoms with Gasteiger partial charge in [-0.1, -0.05) is 18.2 Å². The first-order chi connectivity index (χ1) is 16.3. The quantitative estimate of drug-likeness (QED) is 0.547. The van der Waals surface area contributed by atoms with Crippen LogP contribution in [0.5, 0.6) is 0 Å². The first-order valence-electron chi connectivity index (χ1n) is 11.4. The molecule has 3 rings (SSSR count). The number of carbonyl (C=O) groups excluding carboxylic acids is 3. The number of piperidine rings is 1. The number of hydrogen-bond donors (Lipinski definition) is 2. The van der Waals surface area contributed by atoms with Crippen LogP contribution in [0.1, 0.15) is 41.6 Å². The highest BCUT2D eigenvalue weighted by Crippen LogP contribution is 2.18. The number of hydrogen-bond acceptors (Lipinski definition) is 3. The molecule has 1 aliphatic heterocycles. The van der Waals surface area contributed by atoms with E-state index < -0.39 is 17.5 Å². The fraction of sp³-hybridized carbons (Fsp3) is 0.400. The Labute approximate surface area is 196 Å². The van der Waals surface area contributed by atoms with E-state index in [2.05, 4.69) is 10.6 Å². The summed E-state index contributed by atoms with van der Waals surface area (Å²) in [6, 6.07) is 9.19. The van der Waals surface area contributed by atoms with Gasteiger partial charge in [-0.25, -0.2) is 13.2 Å². The van der Waals surface area contributed by atoms with E-state index in [-0.39, 0.29) is 42.1 Å². The van der Waals surface area contributed by atoms with Gasteiger partial charge in [-0.2, -0.15) is 0 Å². The van der Waals surface area contributed by atoms with Crippen LogP contribution in [0.2, 0.25) is 0 Å². The highest BCUT2D eigenvalue weighted by atomic mass is 19.1. The second-order valence-electron chi connectivity index (χ2n) is 8.27. The lowest BCUT2D eigenvalue weighted by Crippen LogP contribution is -2.43.